The molecule has 19 heavy (non-hydrogen) atoms. The van der Waals surface area contributed by atoms with Crippen molar-refractivity contribution in [2.75, 3.05) is 13.1 Å². The largest absolute Gasteiger partial charge is 0.346 e. The summed E-state index contributed by atoms with van der Waals surface area (Å²) in [5, 5.41) is 1.50. The summed E-state index contributed by atoms with van der Waals surface area (Å²) in [6, 6.07) is 9.93. The molecule has 1 unspecified atom stereocenters. The molecule has 2 saturated heterocycles. The molecule has 1 spiro atoms. The minimum atomic E-state index is -0.172. The number of amides is 2. The van der Waals surface area contributed by atoms with E-state index < -0.39 is 0 Å². The molecule has 1 aromatic carbocycles. The Morgan fingerprint density at radius 2 is 1.84 bits per heavy atom. The Morgan fingerprint density at radius 1 is 1.16 bits per heavy atom. The van der Waals surface area contributed by atoms with Crippen LogP contribution in [0.4, 0.5) is 4.79 Å². The topological polar surface area (TPSA) is 35.9 Å². The number of hydrogen-bond acceptors (Lipinski definition) is 2. The molecule has 3 fully saturated rings. The molecule has 1 saturated carbocycles. The van der Waals surface area contributed by atoms with Crippen molar-refractivity contribution in [1.29, 1.82) is 0 Å². The van der Waals surface area contributed by atoms with E-state index in [0.29, 0.717) is 5.41 Å². The smallest absolute Gasteiger partial charge is 0.322 e. The van der Waals surface area contributed by atoms with Crippen LogP contribution in [0.3, 0.4) is 0 Å². The lowest BCUT2D eigenvalue weighted by Crippen LogP contribution is -2.58. The molecule has 0 radical (unpaired) electrons. The van der Waals surface area contributed by atoms with Gasteiger partial charge in [0.2, 0.25) is 6.23 Å². The molecule has 3 aliphatic rings. The van der Waals surface area contributed by atoms with Crippen LogP contribution in [-0.4, -0.2) is 29.1 Å². The lowest BCUT2D eigenvalue weighted by atomic mass is 9.78. The van der Waals surface area contributed by atoms with E-state index in [0.717, 1.165) is 18.7 Å². The number of hydroxylamine groups is 2. The van der Waals surface area contributed by atoms with E-state index in [1.807, 2.05) is 35.2 Å². The van der Waals surface area contributed by atoms with Crippen molar-refractivity contribution in [1.82, 2.24) is 9.96 Å². The van der Waals surface area contributed by atoms with Crippen molar-refractivity contribution in [3.8, 4) is 0 Å². The number of urea groups is 1. The first-order valence-electron chi connectivity index (χ1n) is 7.07. The molecule has 1 aliphatic carbocycles. The van der Waals surface area contributed by atoms with E-state index in [2.05, 4.69) is 0 Å². The fourth-order valence-corrected chi connectivity index (χ4v) is 3.52. The molecule has 0 aromatic heterocycles. The quantitative estimate of drug-likeness (QED) is 0.726. The number of rotatable bonds is 1. The second-order valence-corrected chi connectivity index (χ2v) is 6.04. The van der Waals surface area contributed by atoms with Crippen LogP contribution in [0.2, 0.25) is 0 Å². The molecule has 4 heteroatoms. The molecule has 1 aromatic rings. The van der Waals surface area contributed by atoms with Gasteiger partial charge in [0.25, 0.3) is 0 Å². The molecular formula is C15H18N2O2. The zero-order chi connectivity index (χ0) is 12.9. The first-order chi connectivity index (χ1) is 9.27. The predicted molar refractivity (Wildman–Crippen MR) is 70.0 cm³/mol. The third-order valence-corrected chi connectivity index (χ3v) is 4.64. The molecule has 4 nitrogen and oxygen atoms in total. The maximum absolute atomic E-state index is 12.2. The molecule has 1 atom stereocenters. The minimum absolute atomic E-state index is 0.0337. The number of carbonyl (C=O) groups is 1. The Morgan fingerprint density at radius 3 is 2.53 bits per heavy atom. The van der Waals surface area contributed by atoms with Gasteiger partial charge in [-0.25, -0.2) is 9.63 Å². The zero-order valence-corrected chi connectivity index (χ0v) is 10.9. The Bertz CT molecular complexity index is 488. The van der Waals surface area contributed by atoms with E-state index in [9.17, 15) is 4.79 Å². The summed E-state index contributed by atoms with van der Waals surface area (Å²) in [4.78, 5) is 19.6. The maximum Gasteiger partial charge on any atom is 0.346 e. The van der Waals surface area contributed by atoms with Crippen LogP contribution in [0.5, 0.6) is 0 Å². The van der Waals surface area contributed by atoms with Gasteiger partial charge in [0.1, 0.15) is 0 Å². The second kappa shape index (κ2) is 3.97. The Kier molecular flexibility index (Phi) is 2.36. The number of likely N-dealkylation sites (tertiary alicyclic amines) is 1. The van der Waals surface area contributed by atoms with Gasteiger partial charge in [-0.2, -0.15) is 5.06 Å². The van der Waals surface area contributed by atoms with Crippen LogP contribution < -0.4 is 0 Å². The van der Waals surface area contributed by atoms with E-state index in [1.54, 1.807) is 0 Å². The highest BCUT2D eigenvalue weighted by molar-refractivity contribution is 5.76. The zero-order valence-electron chi connectivity index (χ0n) is 10.9. The van der Waals surface area contributed by atoms with Crippen LogP contribution in [0.25, 0.3) is 0 Å². The normalized spacial score (nSPS) is 27.5. The standard InChI is InChI=1S/C15H18N2O2/c18-14(16-10-15(11-16)8-4-5-9-15)17-13(19-17)12-6-2-1-3-7-12/h1-3,6-7,13H,4-5,8-11H2. The summed E-state index contributed by atoms with van der Waals surface area (Å²) in [6.07, 6.45) is 5.07. The Labute approximate surface area is 112 Å². The summed E-state index contributed by atoms with van der Waals surface area (Å²) in [5.41, 5.74) is 1.50. The van der Waals surface area contributed by atoms with Crippen molar-refractivity contribution in [2.45, 2.75) is 31.9 Å². The van der Waals surface area contributed by atoms with Crippen molar-refractivity contribution >= 4 is 6.03 Å². The summed E-state index contributed by atoms with van der Waals surface area (Å²) in [5.74, 6) is 0. The van der Waals surface area contributed by atoms with Crippen molar-refractivity contribution in [3.63, 3.8) is 0 Å². The van der Waals surface area contributed by atoms with E-state index >= 15 is 0 Å². The molecule has 0 bridgehead atoms. The molecule has 2 heterocycles. The lowest BCUT2D eigenvalue weighted by Gasteiger charge is -2.47. The SMILES string of the molecule is O=C(N1CC2(CCCC2)C1)N1OC1c1ccccc1. The molecule has 2 aliphatic heterocycles. The second-order valence-electron chi connectivity index (χ2n) is 6.04. The molecular weight excluding hydrogens is 240 g/mol. The Hall–Kier alpha value is -1.55. The van der Waals surface area contributed by atoms with Crippen LogP contribution in [0.15, 0.2) is 30.3 Å². The van der Waals surface area contributed by atoms with Gasteiger partial charge in [-0.3, -0.25) is 0 Å². The van der Waals surface area contributed by atoms with Gasteiger partial charge in [0.15, 0.2) is 0 Å². The summed E-state index contributed by atoms with van der Waals surface area (Å²) in [7, 11) is 0. The van der Waals surface area contributed by atoms with Gasteiger partial charge in [-0.1, -0.05) is 43.2 Å². The van der Waals surface area contributed by atoms with Gasteiger partial charge < -0.3 is 4.90 Å². The maximum atomic E-state index is 12.2. The van der Waals surface area contributed by atoms with E-state index in [4.69, 9.17) is 4.84 Å². The molecule has 2 amide bonds. The predicted octanol–water partition coefficient (Wildman–Crippen LogP) is 2.93. The van der Waals surface area contributed by atoms with Gasteiger partial charge in [-0.15, -0.1) is 0 Å². The number of benzene rings is 1. The van der Waals surface area contributed by atoms with Crippen LogP contribution in [0.1, 0.15) is 37.5 Å². The van der Waals surface area contributed by atoms with Crippen LogP contribution in [-0.2, 0) is 4.84 Å². The lowest BCUT2D eigenvalue weighted by molar-refractivity contribution is 0.0191. The summed E-state index contributed by atoms with van der Waals surface area (Å²) < 4.78 is 0. The average molecular weight is 258 g/mol. The fraction of sp³-hybridized carbons (Fsp3) is 0.533. The van der Waals surface area contributed by atoms with E-state index in [-0.39, 0.29) is 12.3 Å². The Balaban J connectivity index is 1.37. The number of carbonyl (C=O) groups excluding carboxylic acids is 1. The van der Waals surface area contributed by atoms with Gasteiger partial charge in [0, 0.05) is 24.1 Å². The van der Waals surface area contributed by atoms with Crippen molar-refractivity contribution in [2.24, 2.45) is 5.41 Å². The molecule has 4 rings (SSSR count). The van der Waals surface area contributed by atoms with Crippen molar-refractivity contribution < 1.29 is 9.63 Å². The fourth-order valence-electron chi connectivity index (χ4n) is 3.52. The monoisotopic (exact) mass is 258 g/mol. The van der Waals surface area contributed by atoms with Gasteiger partial charge >= 0.3 is 6.03 Å². The molecule has 0 N–H and O–H groups in total. The first-order valence-corrected chi connectivity index (χ1v) is 7.07. The molecule has 100 valence electrons. The minimum Gasteiger partial charge on any atom is -0.322 e. The summed E-state index contributed by atoms with van der Waals surface area (Å²) in [6.45, 7) is 1.85. The number of hydrogen-bond donors (Lipinski definition) is 0. The van der Waals surface area contributed by atoms with E-state index in [1.165, 1.54) is 30.7 Å². The first kappa shape index (κ1) is 11.3. The van der Waals surface area contributed by atoms with Gasteiger partial charge in [0.05, 0.1) is 0 Å². The van der Waals surface area contributed by atoms with Crippen LogP contribution >= 0.6 is 0 Å². The highest BCUT2D eigenvalue weighted by Gasteiger charge is 2.52. The highest BCUT2D eigenvalue weighted by atomic mass is 16.8. The number of nitrogens with zero attached hydrogens (tertiary/aromatic N) is 2. The summed E-state index contributed by atoms with van der Waals surface area (Å²) >= 11 is 0. The third-order valence-electron chi connectivity index (χ3n) is 4.64. The van der Waals surface area contributed by atoms with Crippen molar-refractivity contribution in [3.05, 3.63) is 35.9 Å². The highest BCUT2D eigenvalue weighted by Crippen LogP contribution is 2.47. The third kappa shape index (κ3) is 1.82. The van der Waals surface area contributed by atoms with Crippen LogP contribution in [0, 0.1) is 5.41 Å². The average Bonchev–Trinajstić information content (AvgIpc) is 3.05. The van der Waals surface area contributed by atoms with Gasteiger partial charge in [-0.05, 0) is 12.8 Å².